The first-order valence-corrected chi connectivity index (χ1v) is 13.6. The Hall–Kier alpha value is -3.97. The fourth-order valence-corrected chi connectivity index (χ4v) is 5.73. The van der Waals surface area contributed by atoms with Crippen molar-refractivity contribution in [2.24, 2.45) is 0 Å². The van der Waals surface area contributed by atoms with Crippen LogP contribution in [-0.4, -0.2) is 28.4 Å². The van der Waals surface area contributed by atoms with Crippen molar-refractivity contribution >= 4 is 44.1 Å². The van der Waals surface area contributed by atoms with E-state index in [1.807, 2.05) is 56.3 Å². The molecule has 0 saturated carbocycles. The van der Waals surface area contributed by atoms with Gasteiger partial charge in [-0.05, 0) is 60.2 Å². The summed E-state index contributed by atoms with van der Waals surface area (Å²) in [5, 5.41) is 11.9. The molecule has 1 saturated heterocycles. The number of ether oxygens (including phenoxy) is 1. The Labute approximate surface area is 226 Å². The molecule has 5 rings (SSSR count). The highest BCUT2D eigenvalue weighted by atomic mass is 32.1. The Morgan fingerprint density at radius 3 is 2.55 bits per heavy atom. The van der Waals surface area contributed by atoms with Gasteiger partial charge in [0.15, 0.2) is 5.13 Å². The van der Waals surface area contributed by atoms with Crippen LogP contribution in [0.4, 0.5) is 5.13 Å². The van der Waals surface area contributed by atoms with Crippen molar-refractivity contribution < 1.29 is 19.4 Å². The van der Waals surface area contributed by atoms with E-state index in [1.165, 1.54) is 16.2 Å². The minimum absolute atomic E-state index is 0.0374. The zero-order valence-electron chi connectivity index (χ0n) is 21.9. The monoisotopic (exact) mass is 526 g/mol. The van der Waals surface area contributed by atoms with Gasteiger partial charge in [-0.25, -0.2) is 4.98 Å². The van der Waals surface area contributed by atoms with Gasteiger partial charge in [0.25, 0.3) is 5.78 Å². The molecule has 1 fully saturated rings. The van der Waals surface area contributed by atoms with E-state index in [1.54, 1.807) is 24.3 Å². The van der Waals surface area contributed by atoms with Crippen molar-refractivity contribution in [3.05, 3.63) is 94.6 Å². The predicted molar refractivity (Wildman–Crippen MR) is 152 cm³/mol. The third kappa shape index (κ3) is 4.70. The van der Waals surface area contributed by atoms with Crippen molar-refractivity contribution in [2.45, 2.75) is 46.1 Å². The molecule has 1 amide bonds. The van der Waals surface area contributed by atoms with Crippen LogP contribution in [0.5, 0.6) is 5.75 Å². The van der Waals surface area contributed by atoms with Crippen LogP contribution in [0.2, 0.25) is 0 Å². The summed E-state index contributed by atoms with van der Waals surface area (Å²) in [6, 6.07) is 19.9. The lowest BCUT2D eigenvalue weighted by Gasteiger charge is -2.23. The Morgan fingerprint density at radius 2 is 1.84 bits per heavy atom. The van der Waals surface area contributed by atoms with Crippen LogP contribution in [0.15, 0.2) is 72.3 Å². The lowest BCUT2D eigenvalue weighted by molar-refractivity contribution is -0.132. The van der Waals surface area contributed by atoms with E-state index in [-0.39, 0.29) is 11.3 Å². The van der Waals surface area contributed by atoms with E-state index >= 15 is 0 Å². The summed E-state index contributed by atoms with van der Waals surface area (Å²) in [5.74, 6) is -0.768. The lowest BCUT2D eigenvalue weighted by atomic mass is 9.93. The van der Waals surface area contributed by atoms with Crippen LogP contribution < -0.4 is 9.64 Å². The fourth-order valence-electron chi connectivity index (χ4n) is 4.64. The average Bonchev–Trinajstić information content (AvgIpc) is 3.44. The molecule has 194 valence electrons. The Balaban J connectivity index is 1.68. The summed E-state index contributed by atoms with van der Waals surface area (Å²) < 4.78 is 6.66. The normalized spacial score (nSPS) is 17.1. The third-order valence-corrected chi connectivity index (χ3v) is 7.70. The molecular formula is C31H30N2O4S. The van der Waals surface area contributed by atoms with Gasteiger partial charge in [0.05, 0.1) is 28.4 Å². The molecule has 2 heterocycles. The molecular weight excluding hydrogens is 496 g/mol. The number of carbonyl (C=O) groups is 2. The van der Waals surface area contributed by atoms with Gasteiger partial charge in [-0.2, -0.15) is 0 Å². The van der Waals surface area contributed by atoms with Crippen LogP contribution in [-0.2, 0) is 9.59 Å². The maximum absolute atomic E-state index is 13.5. The number of hydrogen-bond donors (Lipinski definition) is 1. The number of nitrogens with zero attached hydrogens (tertiary/aromatic N) is 2. The van der Waals surface area contributed by atoms with Gasteiger partial charge in [-0.3, -0.25) is 14.5 Å². The summed E-state index contributed by atoms with van der Waals surface area (Å²) in [6.45, 7) is 8.77. The van der Waals surface area contributed by atoms with Crippen LogP contribution in [0, 0.1) is 6.92 Å². The second kappa shape index (κ2) is 10.4. The number of aromatic nitrogens is 1. The first kappa shape index (κ1) is 25.7. The molecule has 0 spiro atoms. The number of benzene rings is 3. The largest absolute Gasteiger partial charge is 0.507 e. The highest BCUT2D eigenvalue weighted by Gasteiger charge is 2.48. The van der Waals surface area contributed by atoms with Gasteiger partial charge < -0.3 is 9.84 Å². The number of ketones is 1. The molecule has 1 aliphatic heterocycles. The number of aryl methyl sites for hydroxylation is 1. The SMILES string of the molecule is CCCOc1cccc(/C(O)=C2\C(=O)C(=O)N(c3nc4ccc(C)cc4s3)C2c2ccc(C(C)C)cc2)c1. The summed E-state index contributed by atoms with van der Waals surface area (Å²) in [7, 11) is 0. The number of hydrogen-bond acceptors (Lipinski definition) is 6. The molecule has 1 unspecified atom stereocenters. The highest BCUT2D eigenvalue weighted by Crippen LogP contribution is 2.44. The zero-order valence-corrected chi connectivity index (χ0v) is 22.7. The predicted octanol–water partition coefficient (Wildman–Crippen LogP) is 7.14. The first-order chi connectivity index (χ1) is 18.3. The number of anilines is 1. The molecule has 6 nitrogen and oxygen atoms in total. The quantitative estimate of drug-likeness (QED) is 0.157. The van der Waals surface area contributed by atoms with Crippen LogP contribution >= 0.6 is 11.3 Å². The molecule has 0 bridgehead atoms. The molecule has 3 aromatic carbocycles. The summed E-state index contributed by atoms with van der Waals surface area (Å²) in [4.78, 5) is 33.2. The van der Waals surface area contributed by atoms with Crippen molar-refractivity contribution in [3.8, 4) is 5.75 Å². The maximum atomic E-state index is 13.5. The Kier molecular flexibility index (Phi) is 7.04. The van der Waals surface area contributed by atoms with Crippen LogP contribution in [0.25, 0.3) is 16.0 Å². The summed E-state index contributed by atoms with van der Waals surface area (Å²) in [5.41, 5.74) is 4.16. The van der Waals surface area contributed by atoms with E-state index in [0.717, 1.165) is 33.3 Å². The summed E-state index contributed by atoms with van der Waals surface area (Å²) in [6.07, 6.45) is 0.843. The second-order valence-electron chi connectivity index (χ2n) is 9.83. The third-order valence-electron chi connectivity index (χ3n) is 6.68. The number of fused-ring (bicyclic) bond motifs is 1. The summed E-state index contributed by atoms with van der Waals surface area (Å²) >= 11 is 1.36. The molecule has 4 aromatic rings. The Morgan fingerprint density at radius 1 is 1.08 bits per heavy atom. The smallest absolute Gasteiger partial charge is 0.301 e. The average molecular weight is 527 g/mol. The molecule has 1 aromatic heterocycles. The molecule has 38 heavy (non-hydrogen) atoms. The fraction of sp³-hybridized carbons (Fsp3) is 0.258. The highest BCUT2D eigenvalue weighted by molar-refractivity contribution is 7.22. The van der Waals surface area contributed by atoms with Gasteiger partial charge in [0, 0.05) is 5.56 Å². The van der Waals surface area contributed by atoms with Crippen molar-refractivity contribution in [2.75, 3.05) is 11.5 Å². The number of amides is 1. The van der Waals surface area contributed by atoms with E-state index in [4.69, 9.17) is 9.72 Å². The molecule has 7 heteroatoms. The van der Waals surface area contributed by atoms with E-state index in [9.17, 15) is 14.7 Å². The topological polar surface area (TPSA) is 79.7 Å². The number of aliphatic hydroxyl groups excluding tert-OH is 1. The van der Waals surface area contributed by atoms with Gasteiger partial charge in [-0.1, -0.05) is 74.6 Å². The number of aliphatic hydroxyl groups is 1. The van der Waals surface area contributed by atoms with Gasteiger partial charge in [0.2, 0.25) is 0 Å². The van der Waals surface area contributed by atoms with Gasteiger partial charge in [-0.15, -0.1) is 0 Å². The Bertz CT molecular complexity index is 1550. The van der Waals surface area contributed by atoms with E-state index < -0.39 is 17.7 Å². The number of thiazole rings is 1. The second-order valence-corrected chi connectivity index (χ2v) is 10.8. The lowest BCUT2D eigenvalue weighted by Crippen LogP contribution is -2.29. The van der Waals surface area contributed by atoms with Crippen molar-refractivity contribution in [1.29, 1.82) is 0 Å². The minimum Gasteiger partial charge on any atom is -0.507 e. The number of carbonyl (C=O) groups excluding carboxylic acids is 2. The van der Waals surface area contributed by atoms with Gasteiger partial charge in [0.1, 0.15) is 11.5 Å². The van der Waals surface area contributed by atoms with Crippen LogP contribution in [0.3, 0.4) is 0 Å². The van der Waals surface area contributed by atoms with Crippen molar-refractivity contribution in [1.82, 2.24) is 4.98 Å². The van der Waals surface area contributed by atoms with Gasteiger partial charge >= 0.3 is 5.91 Å². The molecule has 0 aliphatic carbocycles. The van der Waals surface area contributed by atoms with Crippen molar-refractivity contribution in [3.63, 3.8) is 0 Å². The van der Waals surface area contributed by atoms with E-state index in [0.29, 0.717) is 29.0 Å². The van der Waals surface area contributed by atoms with E-state index in [2.05, 4.69) is 13.8 Å². The standard InChI is InChI=1S/C31H30N2O4S/c1-5-15-37-23-8-6-7-22(17-23)28(34)26-27(21-12-10-20(11-13-21)18(2)3)33(30(36)29(26)35)31-32-24-14-9-19(4)16-25(24)38-31/h6-14,16-18,27,34H,5,15H2,1-4H3/b28-26+. The molecule has 0 radical (unpaired) electrons. The zero-order chi connectivity index (χ0) is 27.0. The molecule has 1 atom stereocenters. The molecule has 1 aliphatic rings. The molecule has 1 N–H and O–H groups in total. The number of Topliss-reactive ketones (excluding diaryl/α,β-unsaturated/α-hetero) is 1. The maximum Gasteiger partial charge on any atom is 0.301 e. The van der Waals surface area contributed by atoms with Crippen LogP contribution in [0.1, 0.15) is 61.4 Å². The number of rotatable bonds is 7. The first-order valence-electron chi connectivity index (χ1n) is 12.8. The minimum atomic E-state index is -0.821.